The summed E-state index contributed by atoms with van der Waals surface area (Å²) < 4.78 is 36.7. The summed E-state index contributed by atoms with van der Waals surface area (Å²) in [5, 5.41) is 10.5. The maximum atomic E-state index is 13.3. The molecule has 0 bridgehead atoms. The molecule has 0 aliphatic carbocycles. The van der Waals surface area contributed by atoms with E-state index in [4.69, 9.17) is 9.26 Å². The maximum Gasteiger partial charge on any atom is 0.387 e. The number of carbonyl (C=O) groups is 1. The molecule has 0 unspecified atom stereocenters. The molecule has 2 aromatic heterocycles. The van der Waals surface area contributed by atoms with E-state index in [-0.39, 0.29) is 17.4 Å². The molecule has 0 saturated carbocycles. The van der Waals surface area contributed by atoms with Gasteiger partial charge >= 0.3 is 6.61 Å². The van der Waals surface area contributed by atoms with Crippen molar-refractivity contribution in [1.82, 2.24) is 15.1 Å². The van der Waals surface area contributed by atoms with Gasteiger partial charge in [0.25, 0.3) is 0 Å². The second kappa shape index (κ2) is 10.8. The molecule has 0 radical (unpaired) electrons. The number of carbonyl (C=O) groups excluding carboxylic acids is 1. The summed E-state index contributed by atoms with van der Waals surface area (Å²) >= 11 is 0. The van der Waals surface area contributed by atoms with Crippen molar-refractivity contribution in [2.45, 2.75) is 20.0 Å². The predicted octanol–water partition coefficient (Wildman–Crippen LogP) is 5.60. The van der Waals surface area contributed by atoms with Gasteiger partial charge in [-0.2, -0.15) is 8.78 Å². The van der Waals surface area contributed by atoms with Gasteiger partial charge in [-0.1, -0.05) is 30.8 Å². The van der Waals surface area contributed by atoms with Crippen LogP contribution in [0.4, 0.5) is 31.8 Å². The summed E-state index contributed by atoms with van der Waals surface area (Å²) in [6.45, 7) is 3.00. The van der Waals surface area contributed by atoms with Gasteiger partial charge < -0.3 is 24.8 Å². The van der Waals surface area contributed by atoms with Gasteiger partial charge in [0.2, 0.25) is 11.9 Å². The molecule has 2 heterocycles. The van der Waals surface area contributed by atoms with Crippen molar-refractivity contribution in [3.63, 3.8) is 0 Å². The van der Waals surface area contributed by atoms with Crippen LogP contribution < -0.4 is 20.3 Å². The lowest BCUT2D eigenvalue weighted by Crippen LogP contribution is -2.21. The number of hydrogen-bond donors (Lipinski definition) is 2. The first-order valence-electron chi connectivity index (χ1n) is 11.1. The Morgan fingerprint density at radius 3 is 2.81 bits per heavy atom. The molecule has 0 atom stereocenters. The van der Waals surface area contributed by atoms with Gasteiger partial charge in [0.1, 0.15) is 5.69 Å². The number of hydrogen-bond acceptors (Lipinski definition) is 8. The maximum absolute atomic E-state index is 13.3. The van der Waals surface area contributed by atoms with Crippen molar-refractivity contribution in [3.05, 3.63) is 61.3 Å². The number of nitrogens with one attached hydrogen (secondary N) is 2. The van der Waals surface area contributed by atoms with Gasteiger partial charge in [0.15, 0.2) is 11.3 Å². The minimum absolute atomic E-state index is 0.106. The standard InChI is InChI=1S/C25H24F2N6O3/c1-4-12-33(3)19-14-21(35-24(26)27)18(13-17(19)29-22(34)5-2)31-25-28-11-10-16(30-25)23-15-8-6-7-9-20(15)36-32-23/h5-11,13-14,24H,2,4,12H2,1,3H3,(H,29,34)(H,28,30,31). The molecule has 4 aromatic rings. The molecule has 0 spiro atoms. The molecule has 0 fully saturated rings. The topological polar surface area (TPSA) is 105 Å². The quantitative estimate of drug-likeness (QED) is 0.275. The fourth-order valence-corrected chi connectivity index (χ4v) is 3.66. The fraction of sp³-hybridized carbons (Fsp3) is 0.200. The zero-order valence-electron chi connectivity index (χ0n) is 19.7. The normalized spacial score (nSPS) is 10.9. The van der Waals surface area contributed by atoms with Gasteiger partial charge in [-0.05, 0) is 36.8 Å². The number of nitrogens with zero attached hydrogens (tertiary/aromatic N) is 4. The van der Waals surface area contributed by atoms with Gasteiger partial charge in [-0.15, -0.1) is 0 Å². The number of para-hydroxylation sites is 1. The number of fused-ring (bicyclic) bond motifs is 1. The Morgan fingerprint density at radius 1 is 1.25 bits per heavy atom. The summed E-state index contributed by atoms with van der Waals surface area (Å²) in [5.74, 6) is -0.486. The molecule has 4 rings (SSSR count). The smallest absolute Gasteiger partial charge is 0.387 e. The van der Waals surface area contributed by atoms with E-state index in [1.807, 2.05) is 30.0 Å². The van der Waals surface area contributed by atoms with Crippen LogP contribution in [0.25, 0.3) is 22.4 Å². The lowest BCUT2D eigenvalue weighted by atomic mass is 10.1. The van der Waals surface area contributed by atoms with Crippen molar-refractivity contribution >= 4 is 39.9 Å². The predicted molar refractivity (Wildman–Crippen MR) is 134 cm³/mol. The number of anilines is 4. The van der Waals surface area contributed by atoms with Gasteiger partial charge in [0, 0.05) is 25.9 Å². The molecule has 2 N–H and O–H groups in total. The lowest BCUT2D eigenvalue weighted by Gasteiger charge is -2.24. The Bertz CT molecular complexity index is 1390. The van der Waals surface area contributed by atoms with Gasteiger partial charge in [-0.3, -0.25) is 4.79 Å². The van der Waals surface area contributed by atoms with Gasteiger partial charge in [-0.25, -0.2) is 9.97 Å². The number of aromatic nitrogens is 3. The lowest BCUT2D eigenvalue weighted by molar-refractivity contribution is -0.111. The van der Waals surface area contributed by atoms with Crippen LogP contribution in [0.3, 0.4) is 0 Å². The van der Waals surface area contributed by atoms with Crippen molar-refractivity contribution in [3.8, 4) is 17.1 Å². The van der Waals surface area contributed by atoms with Crippen LogP contribution in [-0.2, 0) is 4.79 Å². The highest BCUT2D eigenvalue weighted by Gasteiger charge is 2.19. The first-order chi connectivity index (χ1) is 17.4. The van der Waals surface area contributed by atoms with Crippen LogP contribution in [-0.4, -0.2) is 41.2 Å². The number of amides is 1. The van der Waals surface area contributed by atoms with E-state index in [1.165, 1.54) is 18.3 Å². The zero-order valence-corrected chi connectivity index (χ0v) is 19.7. The van der Waals surface area contributed by atoms with Crippen LogP contribution in [0.2, 0.25) is 0 Å². The van der Waals surface area contributed by atoms with Crippen molar-refractivity contribution in [2.75, 3.05) is 29.1 Å². The number of ether oxygens (including phenoxy) is 1. The first-order valence-corrected chi connectivity index (χ1v) is 11.1. The summed E-state index contributed by atoms with van der Waals surface area (Å²) in [4.78, 5) is 22.6. The monoisotopic (exact) mass is 494 g/mol. The van der Waals surface area contributed by atoms with Crippen LogP contribution >= 0.6 is 0 Å². The Labute approximate surface area is 205 Å². The number of benzene rings is 2. The zero-order chi connectivity index (χ0) is 25.7. The Balaban J connectivity index is 1.75. The Kier molecular flexibility index (Phi) is 7.38. The average Bonchev–Trinajstić information content (AvgIpc) is 3.29. The highest BCUT2D eigenvalue weighted by Crippen LogP contribution is 2.39. The summed E-state index contributed by atoms with van der Waals surface area (Å²) in [6, 6.07) is 11.9. The molecule has 11 heteroatoms. The largest absolute Gasteiger partial charge is 0.433 e. The minimum atomic E-state index is -3.07. The number of halogens is 2. The second-order valence-electron chi connectivity index (χ2n) is 7.78. The molecular formula is C25H24F2N6O3. The summed E-state index contributed by atoms with van der Waals surface area (Å²) in [7, 11) is 1.79. The third-order valence-electron chi connectivity index (χ3n) is 5.25. The van der Waals surface area contributed by atoms with Crippen LogP contribution in [0.1, 0.15) is 13.3 Å². The highest BCUT2D eigenvalue weighted by molar-refractivity contribution is 6.02. The fourth-order valence-electron chi connectivity index (χ4n) is 3.66. The van der Waals surface area contributed by atoms with Crippen LogP contribution in [0.15, 0.2) is 65.8 Å². The first kappa shape index (κ1) is 24.6. The van der Waals surface area contributed by atoms with Crippen molar-refractivity contribution < 1.29 is 22.8 Å². The number of rotatable bonds is 10. The van der Waals surface area contributed by atoms with E-state index in [1.54, 1.807) is 19.2 Å². The van der Waals surface area contributed by atoms with E-state index in [9.17, 15) is 13.6 Å². The van der Waals surface area contributed by atoms with Crippen LogP contribution in [0, 0.1) is 0 Å². The third kappa shape index (κ3) is 5.40. The van der Waals surface area contributed by atoms with E-state index < -0.39 is 12.5 Å². The van der Waals surface area contributed by atoms with E-state index in [0.717, 1.165) is 17.9 Å². The van der Waals surface area contributed by atoms with E-state index >= 15 is 0 Å². The molecule has 1 amide bonds. The third-order valence-corrected chi connectivity index (χ3v) is 5.25. The molecule has 0 saturated heterocycles. The van der Waals surface area contributed by atoms with E-state index in [0.29, 0.717) is 34.9 Å². The molecule has 0 aliphatic heterocycles. The molecule has 186 valence electrons. The van der Waals surface area contributed by atoms with E-state index in [2.05, 4.69) is 32.3 Å². The molecule has 36 heavy (non-hydrogen) atoms. The van der Waals surface area contributed by atoms with Crippen LogP contribution in [0.5, 0.6) is 5.75 Å². The summed E-state index contributed by atoms with van der Waals surface area (Å²) in [5.41, 5.74) is 2.58. The minimum Gasteiger partial charge on any atom is -0.433 e. The van der Waals surface area contributed by atoms with Crippen molar-refractivity contribution in [1.29, 1.82) is 0 Å². The molecule has 2 aromatic carbocycles. The Morgan fingerprint density at radius 2 is 2.06 bits per heavy atom. The Hall–Kier alpha value is -4.54. The van der Waals surface area contributed by atoms with Gasteiger partial charge in [0.05, 0.1) is 28.1 Å². The molecule has 9 nitrogen and oxygen atoms in total. The molecule has 0 aliphatic rings. The SMILES string of the molecule is C=CC(=O)Nc1cc(Nc2nccc(-c3noc4ccccc34)n2)c(OC(F)F)cc1N(C)CCC. The van der Waals surface area contributed by atoms with Crippen molar-refractivity contribution in [2.24, 2.45) is 0 Å². The average molecular weight is 495 g/mol. The molecular weight excluding hydrogens is 470 g/mol. The number of alkyl halides is 2. The summed E-state index contributed by atoms with van der Waals surface area (Å²) in [6.07, 6.45) is 3.42. The highest BCUT2D eigenvalue weighted by atomic mass is 19.3. The second-order valence-corrected chi connectivity index (χ2v) is 7.78.